The van der Waals surface area contributed by atoms with Crippen LogP contribution < -0.4 is 5.73 Å². The summed E-state index contributed by atoms with van der Waals surface area (Å²) < 4.78 is 32.4. The van der Waals surface area contributed by atoms with Crippen molar-refractivity contribution in [3.63, 3.8) is 0 Å². The van der Waals surface area contributed by atoms with Gasteiger partial charge < -0.3 is 15.0 Å². The number of imidazole rings is 1. The molecule has 0 aliphatic carbocycles. The SMILES string of the molecule is C=CCN(CCOC)S(=O)(=O)c1c(N)ncn1C. The van der Waals surface area contributed by atoms with Crippen molar-refractivity contribution in [3.8, 4) is 0 Å². The van der Waals surface area contributed by atoms with Crippen LogP contribution in [0.25, 0.3) is 0 Å². The van der Waals surface area contributed by atoms with Crippen LogP contribution in [0.5, 0.6) is 0 Å². The quantitative estimate of drug-likeness (QED) is 0.697. The first-order chi connectivity index (χ1) is 8.45. The van der Waals surface area contributed by atoms with Gasteiger partial charge in [0.25, 0.3) is 10.0 Å². The van der Waals surface area contributed by atoms with Gasteiger partial charge >= 0.3 is 0 Å². The van der Waals surface area contributed by atoms with Gasteiger partial charge in [0.1, 0.15) is 0 Å². The maximum atomic E-state index is 12.4. The second-order valence-corrected chi connectivity index (χ2v) is 5.54. The molecule has 8 heteroatoms. The molecule has 0 saturated heterocycles. The third-order valence-electron chi connectivity index (χ3n) is 2.37. The van der Waals surface area contributed by atoms with Gasteiger partial charge in [-0.2, -0.15) is 4.31 Å². The molecule has 1 aromatic heterocycles. The number of aromatic nitrogens is 2. The van der Waals surface area contributed by atoms with Gasteiger partial charge in [-0.25, -0.2) is 13.4 Å². The Kier molecular flexibility index (Phi) is 4.88. The minimum Gasteiger partial charge on any atom is -0.383 e. The van der Waals surface area contributed by atoms with Crippen LogP contribution in [0.3, 0.4) is 0 Å². The molecule has 1 aromatic rings. The summed E-state index contributed by atoms with van der Waals surface area (Å²) in [6, 6.07) is 0. The number of hydrogen-bond acceptors (Lipinski definition) is 5. The molecule has 1 heterocycles. The zero-order valence-corrected chi connectivity index (χ0v) is 11.4. The highest BCUT2D eigenvalue weighted by Gasteiger charge is 2.28. The van der Waals surface area contributed by atoms with Crippen LogP contribution in [0.1, 0.15) is 0 Å². The van der Waals surface area contributed by atoms with Crippen molar-refractivity contribution < 1.29 is 13.2 Å². The number of sulfonamides is 1. The maximum absolute atomic E-state index is 12.4. The van der Waals surface area contributed by atoms with E-state index >= 15 is 0 Å². The second-order valence-electron chi connectivity index (χ2n) is 3.69. The molecular formula is C10H18N4O3S. The minimum atomic E-state index is -3.70. The lowest BCUT2D eigenvalue weighted by Crippen LogP contribution is -2.35. The van der Waals surface area contributed by atoms with E-state index in [0.29, 0.717) is 6.61 Å². The summed E-state index contributed by atoms with van der Waals surface area (Å²) in [6.45, 7) is 4.27. The van der Waals surface area contributed by atoms with E-state index in [9.17, 15) is 8.42 Å². The van der Waals surface area contributed by atoms with Crippen LogP contribution >= 0.6 is 0 Å². The number of ether oxygens (including phenoxy) is 1. The average molecular weight is 274 g/mol. The molecule has 0 amide bonds. The number of rotatable bonds is 7. The molecule has 102 valence electrons. The molecule has 1 rings (SSSR count). The van der Waals surface area contributed by atoms with E-state index in [-0.39, 0.29) is 23.9 Å². The van der Waals surface area contributed by atoms with Gasteiger partial charge in [0.05, 0.1) is 12.9 Å². The van der Waals surface area contributed by atoms with Crippen LogP contribution in [0, 0.1) is 0 Å². The van der Waals surface area contributed by atoms with Crippen LogP contribution in [0.4, 0.5) is 5.82 Å². The zero-order valence-electron chi connectivity index (χ0n) is 10.5. The predicted octanol–water partition coefficient (Wildman–Crippen LogP) is -0.175. The summed E-state index contributed by atoms with van der Waals surface area (Å²) in [6.07, 6.45) is 2.88. The Hall–Kier alpha value is -1.38. The predicted molar refractivity (Wildman–Crippen MR) is 68.5 cm³/mol. The third-order valence-corrected chi connectivity index (χ3v) is 4.37. The standard InChI is InChI=1S/C10H18N4O3S/c1-4-5-14(6-7-17-3)18(15,16)10-9(11)12-8-13(10)2/h4,8H,1,5-7,11H2,2-3H3. The Morgan fingerprint density at radius 2 is 2.33 bits per heavy atom. The van der Waals surface area contributed by atoms with Crippen LogP contribution in [-0.2, 0) is 21.8 Å². The van der Waals surface area contributed by atoms with Crippen molar-refractivity contribution in [3.05, 3.63) is 19.0 Å². The fourth-order valence-corrected chi connectivity index (χ4v) is 3.11. The van der Waals surface area contributed by atoms with E-state index in [0.717, 1.165) is 0 Å². The summed E-state index contributed by atoms with van der Waals surface area (Å²) in [5.74, 6) is -0.0102. The average Bonchev–Trinajstić information content (AvgIpc) is 2.64. The molecule has 0 fully saturated rings. The monoisotopic (exact) mass is 274 g/mol. The fourth-order valence-electron chi connectivity index (χ4n) is 1.52. The Morgan fingerprint density at radius 1 is 1.67 bits per heavy atom. The van der Waals surface area contributed by atoms with Gasteiger partial charge in [-0.1, -0.05) is 6.08 Å². The zero-order chi connectivity index (χ0) is 13.8. The molecule has 18 heavy (non-hydrogen) atoms. The first kappa shape index (κ1) is 14.7. The smallest absolute Gasteiger partial charge is 0.262 e. The van der Waals surface area contributed by atoms with Crippen molar-refractivity contribution >= 4 is 15.8 Å². The highest BCUT2D eigenvalue weighted by Crippen LogP contribution is 2.20. The first-order valence-electron chi connectivity index (χ1n) is 5.32. The fraction of sp³-hybridized carbons (Fsp3) is 0.500. The highest BCUT2D eigenvalue weighted by atomic mass is 32.2. The normalized spacial score (nSPS) is 11.9. The van der Waals surface area contributed by atoms with Crippen molar-refractivity contribution in [1.29, 1.82) is 0 Å². The number of nitrogens with zero attached hydrogens (tertiary/aromatic N) is 3. The van der Waals surface area contributed by atoms with E-state index in [1.54, 1.807) is 7.05 Å². The highest BCUT2D eigenvalue weighted by molar-refractivity contribution is 7.89. The summed E-state index contributed by atoms with van der Waals surface area (Å²) in [4.78, 5) is 3.78. The first-order valence-corrected chi connectivity index (χ1v) is 6.76. The number of aryl methyl sites for hydroxylation is 1. The third kappa shape index (κ3) is 2.89. The maximum Gasteiger partial charge on any atom is 0.262 e. The molecule has 0 aliphatic rings. The van der Waals surface area contributed by atoms with Gasteiger partial charge in [0.2, 0.25) is 0 Å². The molecule has 0 radical (unpaired) electrons. The van der Waals surface area contributed by atoms with Crippen LogP contribution in [0.2, 0.25) is 0 Å². The molecular weight excluding hydrogens is 256 g/mol. The topological polar surface area (TPSA) is 90.4 Å². The number of nitrogens with two attached hydrogens (primary N) is 1. The Bertz CT molecular complexity index is 490. The summed E-state index contributed by atoms with van der Waals surface area (Å²) in [5.41, 5.74) is 5.60. The molecule has 2 N–H and O–H groups in total. The van der Waals surface area contributed by atoms with Gasteiger partial charge in [-0.05, 0) is 0 Å². The van der Waals surface area contributed by atoms with Gasteiger partial charge in [0.15, 0.2) is 10.8 Å². The van der Waals surface area contributed by atoms with E-state index in [2.05, 4.69) is 11.6 Å². The molecule has 7 nitrogen and oxygen atoms in total. The largest absolute Gasteiger partial charge is 0.383 e. The van der Waals surface area contributed by atoms with Crippen LogP contribution in [-0.4, -0.2) is 49.1 Å². The van der Waals surface area contributed by atoms with Crippen molar-refractivity contribution in [2.45, 2.75) is 5.03 Å². The molecule has 0 bridgehead atoms. The molecule has 0 aromatic carbocycles. The molecule has 0 atom stereocenters. The molecule has 0 unspecified atom stereocenters. The summed E-state index contributed by atoms with van der Waals surface area (Å²) >= 11 is 0. The molecule has 0 aliphatic heterocycles. The molecule has 0 spiro atoms. The Labute approximate surface area is 107 Å². The van der Waals surface area contributed by atoms with E-state index in [4.69, 9.17) is 10.5 Å². The second kappa shape index (κ2) is 5.98. The van der Waals surface area contributed by atoms with E-state index in [1.165, 1.54) is 28.4 Å². The number of methoxy groups -OCH3 is 1. The minimum absolute atomic E-state index is 0.0102. The Balaban J connectivity index is 3.12. The van der Waals surface area contributed by atoms with E-state index in [1.807, 2.05) is 0 Å². The van der Waals surface area contributed by atoms with Gasteiger partial charge in [-0.3, -0.25) is 0 Å². The molecule has 0 saturated carbocycles. The lowest BCUT2D eigenvalue weighted by Gasteiger charge is -2.20. The van der Waals surface area contributed by atoms with E-state index < -0.39 is 10.0 Å². The summed E-state index contributed by atoms with van der Waals surface area (Å²) in [7, 11) is -0.603. The lowest BCUT2D eigenvalue weighted by atomic mass is 10.6. The number of anilines is 1. The summed E-state index contributed by atoms with van der Waals surface area (Å²) in [5, 5.41) is -0.0135. The van der Waals surface area contributed by atoms with Crippen molar-refractivity contribution in [2.24, 2.45) is 7.05 Å². The van der Waals surface area contributed by atoms with Gasteiger partial charge in [0, 0.05) is 27.2 Å². The number of nitrogen functional groups attached to an aromatic ring is 1. The van der Waals surface area contributed by atoms with Crippen molar-refractivity contribution in [2.75, 3.05) is 32.5 Å². The number of hydrogen-bond donors (Lipinski definition) is 1. The van der Waals surface area contributed by atoms with Crippen molar-refractivity contribution in [1.82, 2.24) is 13.9 Å². The van der Waals surface area contributed by atoms with Gasteiger partial charge in [-0.15, -0.1) is 6.58 Å². The Morgan fingerprint density at radius 3 is 2.78 bits per heavy atom. The lowest BCUT2D eigenvalue weighted by molar-refractivity contribution is 0.182. The van der Waals surface area contributed by atoms with Crippen LogP contribution in [0.15, 0.2) is 24.0 Å².